The van der Waals surface area contributed by atoms with Crippen LogP contribution in [0.15, 0.2) is 44.4 Å². The lowest BCUT2D eigenvalue weighted by molar-refractivity contribution is 0.288. The molecule has 4 rings (SSSR count). The molecule has 0 spiro atoms. The molecule has 1 aromatic carbocycles. The Balaban J connectivity index is 1.58. The number of hydrogen-bond acceptors (Lipinski definition) is 6. The number of thiophene rings is 1. The van der Waals surface area contributed by atoms with Crippen LogP contribution in [0.1, 0.15) is 19.8 Å². The fraction of sp³-hybridized carbons (Fsp3) is 0.333. The smallest absolute Gasteiger partial charge is 0.259 e. The Bertz CT molecular complexity index is 1050. The second-order valence-corrected chi connectivity index (χ2v) is 9.75. The molecular formula is C18H18FN3O3S2. The van der Waals surface area contributed by atoms with E-state index in [1.807, 2.05) is 0 Å². The van der Waals surface area contributed by atoms with Crippen molar-refractivity contribution in [3.05, 3.63) is 41.5 Å². The molecule has 6 nitrogen and oxygen atoms in total. The van der Waals surface area contributed by atoms with Crippen LogP contribution in [0.25, 0.3) is 22.8 Å². The fourth-order valence-electron chi connectivity index (χ4n) is 3.00. The minimum Gasteiger partial charge on any atom is -0.334 e. The molecule has 1 saturated heterocycles. The zero-order valence-electron chi connectivity index (χ0n) is 14.6. The first-order valence-electron chi connectivity index (χ1n) is 8.62. The lowest BCUT2D eigenvalue weighted by Crippen LogP contribution is -2.37. The van der Waals surface area contributed by atoms with Crippen LogP contribution in [0, 0.1) is 11.7 Å². The first-order chi connectivity index (χ1) is 12.9. The highest BCUT2D eigenvalue weighted by Crippen LogP contribution is 2.32. The molecule has 0 radical (unpaired) electrons. The molecule has 2 aromatic heterocycles. The molecule has 0 amide bonds. The lowest BCUT2D eigenvalue weighted by atomic mass is 10.0. The molecule has 0 N–H and O–H groups in total. The quantitative estimate of drug-likeness (QED) is 0.653. The molecule has 0 bridgehead atoms. The maximum atomic E-state index is 13.4. The molecule has 0 saturated carbocycles. The molecule has 142 valence electrons. The van der Waals surface area contributed by atoms with Crippen molar-refractivity contribution in [2.24, 2.45) is 5.92 Å². The number of sulfonamides is 1. The van der Waals surface area contributed by atoms with Crippen LogP contribution in [-0.4, -0.2) is 36.0 Å². The molecule has 0 aliphatic carbocycles. The van der Waals surface area contributed by atoms with E-state index in [1.54, 1.807) is 23.6 Å². The van der Waals surface area contributed by atoms with E-state index in [4.69, 9.17) is 4.52 Å². The summed E-state index contributed by atoms with van der Waals surface area (Å²) in [6.07, 6.45) is 1.75. The predicted molar refractivity (Wildman–Crippen MR) is 100 cm³/mol. The molecule has 1 fully saturated rings. The van der Waals surface area contributed by atoms with Gasteiger partial charge in [-0.25, -0.2) is 12.8 Å². The van der Waals surface area contributed by atoms with Gasteiger partial charge in [0.2, 0.25) is 5.82 Å². The van der Waals surface area contributed by atoms with Gasteiger partial charge in [0.15, 0.2) is 0 Å². The second-order valence-electron chi connectivity index (χ2n) is 6.67. The lowest BCUT2D eigenvalue weighted by Gasteiger charge is -2.28. The molecular weight excluding hydrogens is 389 g/mol. The summed E-state index contributed by atoms with van der Waals surface area (Å²) in [5, 5.41) is 5.55. The van der Waals surface area contributed by atoms with E-state index in [-0.39, 0.29) is 15.9 Å². The Hall–Kier alpha value is -2.10. The molecule has 0 atom stereocenters. The van der Waals surface area contributed by atoms with Crippen molar-refractivity contribution in [3.8, 4) is 22.8 Å². The summed E-state index contributed by atoms with van der Waals surface area (Å²) in [6.45, 7) is 3.22. The summed E-state index contributed by atoms with van der Waals surface area (Å²) in [6, 6.07) is 7.45. The zero-order valence-corrected chi connectivity index (χ0v) is 16.3. The Morgan fingerprint density at radius 2 is 2.00 bits per heavy atom. The van der Waals surface area contributed by atoms with Gasteiger partial charge in [-0.05, 0) is 37.0 Å². The van der Waals surface area contributed by atoms with Gasteiger partial charge in [0, 0.05) is 24.0 Å². The van der Waals surface area contributed by atoms with Crippen LogP contribution in [-0.2, 0) is 10.0 Å². The summed E-state index contributed by atoms with van der Waals surface area (Å²) in [4.78, 5) is 4.26. The SMILES string of the molecule is CC1CCN(S(=O)(=O)c2cc(-c3nc(-c4cccc(F)c4)no3)cs2)CC1. The maximum Gasteiger partial charge on any atom is 0.259 e. The second kappa shape index (κ2) is 7.14. The third-order valence-electron chi connectivity index (χ3n) is 4.67. The average molecular weight is 407 g/mol. The number of aromatic nitrogens is 2. The van der Waals surface area contributed by atoms with E-state index in [9.17, 15) is 12.8 Å². The molecule has 1 aliphatic rings. The Morgan fingerprint density at radius 1 is 1.22 bits per heavy atom. The van der Waals surface area contributed by atoms with Crippen molar-refractivity contribution in [2.45, 2.75) is 24.0 Å². The third-order valence-corrected chi connectivity index (χ3v) is 7.98. The standard InChI is InChI=1S/C18H18FN3O3S2/c1-12-5-7-22(8-6-12)27(23,24)16-10-14(11-26-16)18-20-17(21-25-18)13-3-2-4-15(19)9-13/h2-4,9-12H,5-8H2,1H3. The van der Waals surface area contributed by atoms with Gasteiger partial charge in [0.05, 0.1) is 5.56 Å². The topological polar surface area (TPSA) is 76.3 Å². The van der Waals surface area contributed by atoms with Crippen molar-refractivity contribution in [1.29, 1.82) is 0 Å². The number of nitrogens with zero attached hydrogens (tertiary/aromatic N) is 3. The van der Waals surface area contributed by atoms with Gasteiger partial charge in [-0.1, -0.05) is 24.2 Å². The first-order valence-corrected chi connectivity index (χ1v) is 10.9. The van der Waals surface area contributed by atoms with Gasteiger partial charge in [-0.3, -0.25) is 0 Å². The molecule has 3 aromatic rings. The summed E-state index contributed by atoms with van der Waals surface area (Å²) in [5.41, 5.74) is 1.04. The summed E-state index contributed by atoms with van der Waals surface area (Å²) in [7, 11) is -3.51. The minimum atomic E-state index is -3.51. The number of benzene rings is 1. The van der Waals surface area contributed by atoms with E-state index in [0.29, 0.717) is 30.1 Å². The maximum absolute atomic E-state index is 13.4. The summed E-state index contributed by atoms with van der Waals surface area (Å²) in [5.74, 6) is 0.623. The van der Waals surface area contributed by atoms with Gasteiger partial charge in [0.1, 0.15) is 10.0 Å². The molecule has 1 aliphatic heterocycles. The minimum absolute atomic E-state index is 0.208. The van der Waals surface area contributed by atoms with Crippen LogP contribution in [0.3, 0.4) is 0 Å². The normalized spacial score (nSPS) is 16.7. The zero-order chi connectivity index (χ0) is 19.0. The van der Waals surface area contributed by atoms with Crippen LogP contribution in [0.2, 0.25) is 0 Å². The number of rotatable bonds is 4. The van der Waals surface area contributed by atoms with Gasteiger partial charge < -0.3 is 4.52 Å². The van der Waals surface area contributed by atoms with Crippen LogP contribution < -0.4 is 0 Å². The molecule has 3 heterocycles. The van der Waals surface area contributed by atoms with Gasteiger partial charge in [-0.2, -0.15) is 9.29 Å². The number of piperidine rings is 1. The van der Waals surface area contributed by atoms with E-state index >= 15 is 0 Å². The van der Waals surface area contributed by atoms with Gasteiger partial charge >= 0.3 is 0 Å². The van der Waals surface area contributed by atoms with Gasteiger partial charge in [-0.15, -0.1) is 11.3 Å². The Kier molecular flexibility index (Phi) is 4.83. The molecule has 9 heteroatoms. The Labute approximate surface area is 160 Å². The van der Waals surface area contributed by atoms with Crippen molar-refractivity contribution in [3.63, 3.8) is 0 Å². The summed E-state index contributed by atoms with van der Waals surface area (Å²) < 4.78 is 46.1. The number of halogens is 1. The molecule has 0 unspecified atom stereocenters. The third kappa shape index (κ3) is 3.67. The van der Waals surface area contributed by atoms with Crippen molar-refractivity contribution >= 4 is 21.4 Å². The fourth-order valence-corrected chi connectivity index (χ4v) is 5.78. The van der Waals surface area contributed by atoms with E-state index in [1.165, 1.54) is 16.4 Å². The highest BCUT2D eigenvalue weighted by molar-refractivity contribution is 7.91. The van der Waals surface area contributed by atoms with Crippen LogP contribution in [0.5, 0.6) is 0 Å². The van der Waals surface area contributed by atoms with Crippen LogP contribution >= 0.6 is 11.3 Å². The van der Waals surface area contributed by atoms with E-state index in [2.05, 4.69) is 17.1 Å². The van der Waals surface area contributed by atoms with E-state index < -0.39 is 15.8 Å². The molecule has 27 heavy (non-hydrogen) atoms. The van der Waals surface area contributed by atoms with Crippen molar-refractivity contribution in [2.75, 3.05) is 13.1 Å². The van der Waals surface area contributed by atoms with Crippen molar-refractivity contribution in [1.82, 2.24) is 14.4 Å². The Morgan fingerprint density at radius 3 is 2.74 bits per heavy atom. The summed E-state index contributed by atoms with van der Waals surface area (Å²) >= 11 is 1.14. The largest absolute Gasteiger partial charge is 0.334 e. The first kappa shape index (κ1) is 18.3. The highest BCUT2D eigenvalue weighted by atomic mass is 32.2. The van der Waals surface area contributed by atoms with E-state index in [0.717, 1.165) is 24.2 Å². The predicted octanol–water partition coefficient (Wildman–Crippen LogP) is 4.02. The van der Waals surface area contributed by atoms with Gasteiger partial charge in [0.25, 0.3) is 15.9 Å². The van der Waals surface area contributed by atoms with Crippen LogP contribution in [0.4, 0.5) is 4.39 Å². The van der Waals surface area contributed by atoms with Crippen molar-refractivity contribution < 1.29 is 17.3 Å². The highest BCUT2D eigenvalue weighted by Gasteiger charge is 2.29. The average Bonchev–Trinajstić information content (AvgIpc) is 3.32. The number of hydrogen-bond donors (Lipinski definition) is 0. The monoisotopic (exact) mass is 407 g/mol.